The molecule has 3 fully saturated rings. The third-order valence-corrected chi connectivity index (χ3v) is 11.1. The first-order valence-electron chi connectivity index (χ1n) is 18.0. The molecule has 5 rings (SSSR count). The molecule has 2 N–H and O–H groups in total. The minimum atomic E-state index is -1.36. The number of rotatable bonds is 18. The Morgan fingerprint density at radius 3 is 2.50 bits per heavy atom. The lowest BCUT2D eigenvalue weighted by Crippen LogP contribution is -2.60. The molecule has 280 valence electrons. The molecule has 2 bridgehead atoms. The molecule has 2 aromatic rings. The van der Waals surface area contributed by atoms with E-state index in [9.17, 15) is 24.3 Å². The van der Waals surface area contributed by atoms with Crippen LogP contribution in [0.4, 0.5) is 5.69 Å². The number of anilines is 1. The first-order valence-corrected chi connectivity index (χ1v) is 18.4. The van der Waals surface area contributed by atoms with E-state index < -0.39 is 65.6 Å². The van der Waals surface area contributed by atoms with Gasteiger partial charge in [-0.2, -0.15) is 0 Å². The van der Waals surface area contributed by atoms with Crippen molar-refractivity contribution >= 4 is 41.0 Å². The predicted octanol–water partition coefficient (Wildman–Crippen LogP) is 5.02. The quantitative estimate of drug-likeness (QED) is 0.161. The number of likely N-dealkylation sites (tertiary alicyclic amines) is 1. The van der Waals surface area contributed by atoms with Crippen LogP contribution in [0.2, 0.25) is 5.02 Å². The van der Waals surface area contributed by atoms with Crippen LogP contribution in [0.3, 0.4) is 0 Å². The van der Waals surface area contributed by atoms with Gasteiger partial charge in [0.2, 0.25) is 11.8 Å². The van der Waals surface area contributed by atoms with Crippen molar-refractivity contribution in [3.8, 4) is 0 Å². The van der Waals surface area contributed by atoms with Gasteiger partial charge in [-0.25, -0.2) is 0 Å². The number of allylic oxidation sites excluding steroid dienone is 1. The number of aliphatic hydroxyl groups is 1. The van der Waals surface area contributed by atoms with Crippen molar-refractivity contribution in [1.82, 2.24) is 10.2 Å². The lowest BCUT2D eigenvalue weighted by atomic mass is 9.70. The van der Waals surface area contributed by atoms with Crippen LogP contribution >= 0.6 is 11.6 Å². The van der Waals surface area contributed by atoms with Crippen molar-refractivity contribution in [3.05, 3.63) is 90.5 Å². The molecule has 52 heavy (non-hydrogen) atoms. The van der Waals surface area contributed by atoms with E-state index in [4.69, 9.17) is 25.8 Å². The Labute approximate surface area is 310 Å². The minimum Gasteiger partial charge on any atom is -0.455 e. The normalized spacial score (nSPS) is 25.5. The lowest BCUT2D eigenvalue weighted by Gasteiger charge is -2.41. The summed E-state index contributed by atoms with van der Waals surface area (Å²) in [5.74, 6) is -4.10. The molecule has 3 aliphatic heterocycles. The van der Waals surface area contributed by atoms with E-state index in [1.54, 1.807) is 48.6 Å². The van der Waals surface area contributed by atoms with Gasteiger partial charge in [-0.3, -0.25) is 19.2 Å². The molecular formula is C40H50ClN3O8. The number of nitrogens with one attached hydrogen (secondary N) is 1. The summed E-state index contributed by atoms with van der Waals surface area (Å²) in [6.45, 7) is 11.2. The van der Waals surface area contributed by atoms with Crippen molar-refractivity contribution in [2.45, 2.75) is 81.9 Å². The number of nitrogens with zero attached hydrogens (tertiary/aromatic N) is 2. The standard InChI is InChI=1S/C40H50ClN3O8/c1-6-9-19-32(46)42-28(24-50-5)35(26-15-11-10-12-16-26)51-39(49)33-31-20-21-40(52-31)34(33)37(47)44(30(23-45)25(4)8-3)36(40)38(48)43(22-7-2)29-18-14-13-17-27(29)41/h6-7,10-18,25,28,30-31,33-36,45H,1-2,8-9,19-24H2,3-5H3,(H,42,46)/t25-,28+,30-,31-,33+,34+,35+,36-,40+/m0/s1. The molecule has 12 heteroatoms. The Kier molecular flexibility index (Phi) is 13.0. The molecule has 3 saturated heterocycles. The van der Waals surface area contributed by atoms with E-state index in [0.717, 1.165) is 0 Å². The fraction of sp³-hybridized carbons (Fsp3) is 0.500. The molecule has 3 aliphatic rings. The summed E-state index contributed by atoms with van der Waals surface area (Å²) >= 11 is 6.61. The second kappa shape index (κ2) is 17.2. The Bertz CT molecular complexity index is 1620. The first kappa shape index (κ1) is 39.2. The van der Waals surface area contributed by atoms with Gasteiger partial charge in [0.05, 0.1) is 53.9 Å². The number of carbonyl (C=O) groups is 4. The lowest BCUT2D eigenvalue weighted by molar-refractivity contribution is -0.163. The van der Waals surface area contributed by atoms with Gasteiger partial charge in [0, 0.05) is 20.1 Å². The molecule has 0 unspecified atom stereocenters. The molecule has 2 aromatic carbocycles. The average molecular weight is 736 g/mol. The summed E-state index contributed by atoms with van der Waals surface area (Å²) in [6.07, 6.45) is 3.63. The third kappa shape index (κ3) is 7.42. The number of fused-ring (bicyclic) bond motifs is 1. The van der Waals surface area contributed by atoms with E-state index in [-0.39, 0.29) is 38.0 Å². The summed E-state index contributed by atoms with van der Waals surface area (Å²) in [6, 6.07) is 13.3. The monoisotopic (exact) mass is 735 g/mol. The van der Waals surface area contributed by atoms with Crippen LogP contribution in [0.5, 0.6) is 0 Å². The predicted molar refractivity (Wildman–Crippen MR) is 197 cm³/mol. The zero-order valence-corrected chi connectivity index (χ0v) is 30.9. The zero-order valence-electron chi connectivity index (χ0n) is 30.1. The van der Waals surface area contributed by atoms with Gasteiger partial charge >= 0.3 is 5.97 Å². The number of aliphatic hydroxyl groups excluding tert-OH is 1. The highest BCUT2D eigenvalue weighted by molar-refractivity contribution is 6.34. The van der Waals surface area contributed by atoms with Crippen molar-refractivity contribution in [2.24, 2.45) is 17.8 Å². The molecule has 9 atom stereocenters. The van der Waals surface area contributed by atoms with Crippen LogP contribution in [0.25, 0.3) is 0 Å². The molecule has 3 heterocycles. The number of amides is 3. The van der Waals surface area contributed by atoms with Gasteiger partial charge in [-0.05, 0) is 42.9 Å². The first-order chi connectivity index (χ1) is 25.1. The van der Waals surface area contributed by atoms with Crippen LogP contribution in [0.1, 0.15) is 57.6 Å². The summed E-state index contributed by atoms with van der Waals surface area (Å²) in [7, 11) is 1.50. The van der Waals surface area contributed by atoms with Crippen LogP contribution in [0, 0.1) is 17.8 Å². The van der Waals surface area contributed by atoms with Gasteiger partial charge in [0.15, 0.2) is 0 Å². The Morgan fingerprint density at radius 2 is 1.87 bits per heavy atom. The Balaban J connectivity index is 1.55. The van der Waals surface area contributed by atoms with Gasteiger partial charge in [-0.15, -0.1) is 13.2 Å². The summed E-state index contributed by atoms with van der Waals surface area (Å²) in [4.78, 5) is 60.3. The second-order valence-electron chi connectivity index (χ2n) is 13.9. The molecular weight excluding hydrogens is 686 g/mol. The third-order valence-electron chi connectivity index (χ3n) is 10.8. The zero-order chi connectivity index (χ0) is 37.6. The maximum atomic E-state index is 15.0. The average Bonchev–Trinajstić information content (AvgIpc) is 3.80. The number of hydrogen-bond donors (Lipinski definition) is 2. The second-order valence-corrected chi connectivity index (χ2v) is 14.3. The van der Waals surface area contributed by atoms with Crippen molar-refractivity contribution in [1.29, 1.82) is 0 Å². The van der Waals surface area contributed by atoms with Gasteiger partial charge in [-0.1, -0.05) is 86.5 Å². The van der Waals surface area contributed by atoms with Crippen molar-refractivity contribution < 1.29 is 38.5 Å². The number of carbonyl (C=O) groups excluding carboxylic acids is 4. The number of esters is 1. The van der Waals surface area contributed by atoms with E-state index in [0.29, 0.717) is 42.0 Å². The molecule has 0 saturated carbocycles. The van der Waals surface area contributed by atoms with E-state index in [2.05, 4.69) is 18.5 Å². The van der Waals surface area contributed by atoms with E-state index in [1.807, 2.05) is 32.0 Å². The number of para-hydroxylation sites is 1. The van der Waals surface area contributed by atoms with Crippen molar-refractivity contribution in [2.75, 3.05) is 31.8 Å². The number of methoxy groups -OCH3 is 1. The highest BCUT2D eigenvalue weighted by Gasteiger charge is 2.76. The molecule has 0 radical (unpaired) electrons. The van der Waals surface area contributed by atoms with E-state index in [1.165, 1.54) is 16.9 Å². The summed E-state index contributed by atoms with van der Waals surface area (Å²) < 4.78 is 18.5. The summed E-state index contributed by atoms with van der Waals surface area (Å²) in [5, 5.41) is 14.1. The highest BCUT2D eigenvalue weighted by atomic mass is 35.5. The van der Waals surface area contributed by atoms with Crippen LogP contribution in [-0.4, -0.2) is 90.4 Å². The number of hydrogen-bond acceptors (Lipinski definition) is 8. The Morgan fingerprint density at radius 1 is 1.15 bits per heavy atom. The fourth-order valence-corrected chi connectivity index (χ4v) is 8.43. The minimum absolute atomic E-state index is 0.0438. The number of halogens is 1. The van der Waals surface area contributed by atoms with Gasteiger partial charge in [0.25, 0.3) is 5.91 Å². The highest BCUT2D eigenvalue weighted by Crippen LogP contribution is 2.60. The van der Waals surface area contributed by atoms with Crippen LogP contribution in [-0.2, 0) is 33.4 Å². The molecule has 0 aliphatic carbocycles. The molecule has 3 amide bonds. The Hall–Kier alpha value is -4.03. The van der Waals surface area contributed by atoms with Crippen molar-refractivity contribution in [3.63, 3.8) is 0 Å². The maximum absolute atomic E-state index is 15.0. The molecule has 0 aromatic heterocycles. The van der Waals surface area contributed by atoms with Gasteiger partial charge < -0.3 is 34.4 Å². The smallest absolute Gasteiger partial charge is 0.313 e. The molecule has 1 spiro atoms. The fourth-order valence-electron chi connectivity index (χ4n) is 8.19. The molecule has 11 nitrogen and oxygen atoms in total. The van der Waals surface area contributed by atoms with E-state index >= 15 is 0 Å². The van der Waals surface area contributed by atoms with Crippen LogP contribution < -0.4 is 10.2 Å². The summed E-state index contributed by atoms with van der Waals surface area (Å²) in [5.41, 5.74) is -0.291. The van der Waals surface area contributed by atoms with Crippen LogP contribution in [0.15, 0.2) is 79.9 Å². The van der Waals surface area contributed by atoms with Gasteiger partial charge in [0.1, 0.15) is 17.7 Å². The number of ether oxygens (including phenoxy) is 3. The SMILES string of the molecule is C=CCCC(=O)N[C@H](COC)[C@H](OC(=O)[C@@H]1[C@@H]2CC[C@]3(O2)[C@H](C(=O)N(CC=C)c2ccccc2Cl)N([C@@H](CO)[C@@H](C)CC)C(=O)[C@@H]13)c1ccccc1. The topological polar surface area (TPSA) is 135 Å². The number of benzene rings is 2. The largest absolute Gasteiger partial charge is 0.455 e. The maximum Gasteiger partial charge on any atom is 0.313 e.